The first-order valence-corrected chi connectivity index (χ1v) is 5.78. The number of nitrogens with two attached hydrogens (primary N) is 1. The fourth-order valence-electron chi connectivity index (χ4n) is 1.66. The van der Waals surface area contributed by atoms with Gasteiger partial charge in [-0.15, -0.1) is 0 Å². The summed E-state index contributed by atoms with van der Waals surface area (Å²) >= 11 is 0. The van der Waals surface area contributed by atoms with Crippen molar-refractivity contribution in [1.82, 2.24) is 5.32 Å². The van der Waals surface area contributed by atoms with Crippen LogP contribution < -0.4 is 11.1 Å². The zero-order chi connectivity index (χ0) is 11.8. The Bertz CT molecular complexity index is 194. The first-order valence-electron chi connectivity index (χ1n) is 5.78. The quantitative estimate of drug-likeness (QED) is 0.263. The van der Waals surface area contributed by atoms with Gasteiger partial charge in [0.05, 0.1) is 6.04 Å². The Labute approximate surface area is 92.9 Å². The third-order valence-electron chi connectivity index (χ3n) is 2.82. The van der Waals surface area contributed by atoms with Crippen LogP contribution >= 0.6 is 0 Å². The van der Waals surface area contributed by atoms with Crippen LogP contribution in [0.2, 0.25) is 0 Å². The molecule has 0 aliphatic carbocycles. The van der Waals surface area contributed by atoms with Gasteiger partial charge < -0.3 is 16.3 Å². The molecular weight excluding hydrogens is 190 g/mol. The Morgan fingerprint density at radius 1 is 1.33 bits per heavy atom. The van der Waals surface area contributed by atoms with E-state index in [0.29, 0.717) is 12.0 Å². The van der Waals surface area contributed by atoms with Crippen molar-refractivity contribution in [2.75, 3.05) is 0 Å². The van der Waals surface area contributed by atoms with Crippen LogP contribution in [0.3, 0.4) is 0 Å². The van der Waals surface area contributed by atoms with Gasteiger partial charge >= 0.3 is 0 Å². The summed E-state index contributed by atoms with van der Waals surface area (Å²) in [6, 6.07) is 0.374. The van der Waals surface area contributed by atoms with E-state index in [1.807, 2.05) is 6.92 Å². The predicted molar refractivity (Wildman–Crippen MR) is 64.2 cm³/mol. The van der Waals surface area contributed by atoms with Crippen LogP contribution in [0, 0.1) is 5.92 Å². The standard InChI is InChI=1S/C11H25N3O/c1-5-8(3)7-9(4)13-10(6-2)11(12)14-15/h8-10,13,15H,5-7H2,1-4H3,(H2,12,14). The van der Waals surface area contributed by atoms with Gasteiger partial charge in [0.15, 0.2) is 5.84 Å². The molecule has 0 aromatic carbocycles. The van der Waals surface area contributed by atoms with Crippen molar-refractivity contribution < 1.29 is 5.21 Å². The molecule has 4 nitrogen and oxygen atoms in total. The molecule has 0 aliphatic heterocycles. The van der Waals surface area contributed by atoms with Gasteiger partial charge in [-0.3, -0.25) is 0 Å². The Kier molecular flexibility index (Phi) is 7.13. The minimum atomic E-state index is -0.0194. The van der Waals surface area contributed by atoms with Crippen molar-refractivity contribution in [3.05, 3.63) is 0 Å². The molecule has 0 aromatic heterocycles. The number of nitrogens with zero attached hydrogens (tertiary/aromatic N) is 1. The second-order valence-electron chi connectivity index (χ2n) is 4.30. The van der Waals surface area contributed by atoms with Crippen molar-refractivity contribution in [2.24, 2.45) is 16.8 Å². The summed E-state index contributed by atoms with van der Waals surface area (Å²) < 4.78 is 0. The minimum absolute atomic E-state index is 0.0194. The topological polar surface area (TPSA) is 70.6 Å². The maximum atomic E-state index is 8.60. The molecule has 0 aromatic rings. The summed E-state index contributed by atoms with van der Waals surface area (Å²) in [6.07, 6.45) is 3.14. The number of nitrogens with one attached hydrogen (secondary N) is 1. The van der Waals surface area contributed by atoms with Crippen molar-refractivity contribution in [2.45, 2.75) is 59.0 Å². The number of hydrogen-bond acceptors (Lipinski definition) is 3. The van der Waals surface area contributed by atoms with Crippen LogP contribution in [0.5, 0.6) is 0 Å². The highest BCUT2D eigenvalue weighted by atomic mass is 16.4. The SMILES string of the molecule is CCC(C)CC(C)NC(CC)C(N)=NO. The van der Waals surface area contributed by atoms with Crippen LogP contribution in [0.25, 0.3) is 0 Å². The van der Waals surface area contributed by atoms with Crippen LogP contribution in [-0.2, 0) is 0 Å². The number of hydrogen-bond donors (Lipinski definition) is 3. The zero-order valence-electron chi connectivity index (χ0n) is 10.3. The van der Waals surface area contributed by atoms with Gasteiger partial charge in [0, 0.05) is 6.04 Å². The van der Waals surface area contributed by atoms with Crippen LogP contribution in [-0.4, -0.2) is 23.1 Å². The smallest absolute Gasteiger partial charge is 0.156 e. The van der Waals surface area contributed by atoms with E-state index in [2.05, 4.69) is 31.2 Å². The normalized spacial score (nSPS) is 18.5. The van der Waals surface area contributed by atoms with E-state index in [1.54, 1.807) is 0 Å². The van der Waals surface area contributed by atoms with E-state index in [4.69, 9.17) is 10.9 Å². The van der Waals surface area contributed by atoms with Gasteiger partial charge in [-0.2, -0.15) is 0 Å². The lowest BCUT2D eigenvalue weighted by molar-refractivity contribution is 0.311. The Morgan fingerprint density at radius 3 is 2.33 bits per heavy atom. The summed E-state index contributed by atoms with van der Waals surface area (Å²) in [4.78, 5) is 0. The Balaban J connectivity index is 4.07. The number of rotatable bonds is 7. The Morgan fingerprint density at radius 2 is 1.93 bits per heavy atom. The highest BCUT2D eigenvalue weighted by Gasteiger charge is 2.15. The molecule has 90 valence electrons. The average Bonchev–Trinajstić information content (AvgIpc) is 2.24. The van der Waals surface area contributed by atoms with Crippen LogP contribution in [0.1, 0.15) is 47.0 Å². The third kappa shape index (κ3) is 5.62. The molecule has 0 spiro atoms. The summed E-state index contributed by atoms with van der Waals surface area (Å²) in [7, 11) is 0. The molecular formula is C11H25N3O. The van der Waals surface area contributed by atoms with Crippen LogP contribution in [0.15, 0.2) is 5.16 Å². The molecule has 0 saturated carbocycles. The van der Waals surface area contributed by atoms with Crippen molar-refractivity contribution in [1.29, 1.82) is 0 Å². The van der Waals surface area contributed by atoms with Gasteiger partial charge in [0.25, 0.3) is 0 Å². The maximum Gasteiger partial charge on any atom is 0.156 e. The first kappa shape index (κ1) is 14.2. The molecule has 0 radical (unpaired) electrons. The van der Waals surface area contributed by atoms with Crippen LogP contribution in [0.4, 0.5) is 0 Å². The van der Waals surface area contributed by atoms with Gasteiger partial charge in [-0.25, -0.2) is 0 Å². The lowest BCUT2D eigenvalue weighted by atomic mass is 9.99. The third-order valence-corrected chi connectivity index (χ3v) is 2.82. The monoisotopic (exact) mass is 215 g/mol. The van der Waals surface area contributed by atoms with Crippen molar-refractivity contribution in [3.8, 4) is 0 Å². The summed E-state index contributed by atoms with van der Waals surface area (Å²) in [6.45, 7) is 8.59. The van der Waals surface area contributed by atoms with E-state index in [1.165, 1.54) is 6.42 Å². The first-order chi connectivity index (χ1) is 7.04. The fraction of sp³-hybridized carbons (Fsp3) is 0.909. The molecule has 0 fully saturated rings. The van der Waals surface area contributed by atoms with Gasteiger partial charge in [0.1, 0.15) is 0 Å². The largest absolute Gasteiger partial charge is 0.409 e. The molecule has 4 N–H and O–H groups in total. The molecule has 0 amide bonds. The molecule has 0 heterocycles. The molecule has 0 rings (SSSR count). The second kappa shape index (κ2) is 7.51. The van der Waals surface area contributed by atoms with E-state index in [-0.39, 0.29) is 11.9 Å². The molecule has 4 heteroatoms. The summed E-state index contributed by atoms with van der Waals surface area (Å²) in [5.74, 6) is 0.978. The molecule has 3 atom stereocenters. The molecule has 15 heavy (non-hydrogen) atoms. The van der Waals surface area contributed by atoms with E-state index >= 15 is 0 Å². The van der Waals surface area contributed by atoms with E-state index in [0.717, 1.165) is 12.8 Å². The molecule has 0 bridgehead atoms. The average molecular weight is 215 g/mol. The number of oxime groups is 1. The number of amidine groups is 1. The highest BCUT2D eigenvalue weighted by Crippen LogP contribution is 2.10. The fourth-order valence-corrected chi connectivity index (χ4v) is 1.66. The zero-order valence-corrected chi connectivity index (χ0v) is 10.3. The lowest BCUT2D eigenvalue weighted by Gasteiger charge is -2.23. The molecule has 3 unspecified atom stereocenters. The van der Waals surface area contributed by atoms with Crippen molar-refractivity contribution in [3.63, 3.8) is 0 Å². The minimum Gasteiger partial charge on any atom is -0.409 e. The van der Waals surface area contributed by atoms with Crippen molar-refractivity contribution >= 4 is 5.84 Å². The van der Waals surface area contributed by atoms with Gasteiger partial charge in [-0.1, -0.05) is 32.3 Å². The maximum absolute atomic E-state index is 8.60. The summed E-state index contributed by atoms with van der Waals surface area (Å²) in [5, 5.41) is 15.0. The van der Waals surface area contributed by atoms with E-state index < -0.39 is 0 Å². The van der Waals surface area contributed by atoms with Gasteiger partial charge in [-0.05, 0) is 25.7 Å². The second-order valence-corrected chi connectivity index (χ2v) is 4.30. The summed E-state index contributed by atoms with van der Waals surface area (Å²) in [5.41, 5.74) is 5.58. The predicted octanol–water partition coefficient (Wildman–Crippen LogP) is 1.93. The Hall–Kier alpha value is -0.770. The van der Waals surface area contributed by atoms with Gasteiger partial charge in [0.2, 0.25) is 0 Å². The molecule has 0 aliphatic rings. The van der Waals surface area contributed by atoms with E-state index in [9.17, 15) is 0 Å². The molecule has 0 saturated heterocycles. The highest BCUT2D eigenvalue weighted by molar-refractivity contribution is 5.85. The lowest BCUT2D eigenvalue weighted by Crippen LogP contribution is -2.45.